The van der Waals surface area contributed by atoms with Crippen molar-refractivity contribution in [3.63, 3.8) is 0 Å². The summed E-state index contributed by atoms with van der Waals surface area (Å²) >= 11 is 1.53. The smallest absolute Gasteiger partial charge is 0.204 e. The normalized spacial score (nSPS) is 16.4. The average molecular weight is 254 g/mol. The monoisotopic (exact) mass is 254 g/mol. The van der Waals surface area contributed by atoms with E-state index in [1.807, 2.05) is 12.1 Å². The fourth-order valence-corrected chi connectivity index (χ4v) is 4.28. The highest BCUT2D eigenvalue weighted by Crippen LogP contribution is 2.40. The summed E-state index contributed by atoms with van der Waals surface area (Å²) in [7, 11) is 0. The summed E-state index contributed by atoms with van der Waals surface area (Å²) in [6, 6.07) is 7.15. The summed E-state index contributed by atoms with van der Waals surface area (Å²) < 4.78 is 0. The van der Waals surface area contributed by atoms with Crippen molar-refractivity contribution in [2.24, 2.45) is 0 Å². The summed E-state index contributed by atoms with van der Waals surface area (Å²) in [5, 5.41) is 0. The lowest BCUT2D eigenvalue weighted by Crippen LogP contribution is -2.19. The van der Waals surface area contributed by atoms with Crippen molar-refractivity contribution in [2.75, 3.05) is 0 Å². The standard InChI is InChI=1S/C15H10O2S/c16-13-8-4-1-2-5-9(8)14(17)15-12(13)10-6-3-7-11(10)18-15/h1-2,4-5H,3,6-7H2. The third-order valence-electron chi connectivity index (χ3n) is 3.77. The third-order valence-corrected chi connectivity index (χ3v) is 5.06. The van der Waals surface area contributed by atoms with Crippen molar-refractivity contribution in [3.05, 3.63) is 56.3 Å². The SMILES string of the molecule is O=C1c2ccccc2C(=O)c2c1sc1c2CCC1. The number of hydrogen-bond acceptors (Lipinski definition) is 3. The first kappa shape index (κ1) is 10.2. The van der Waals surface area contributed by atoms with Crippen LogP contribution in [0.5, 0.6) is 0 Å². The minimum absolute atomic E-state index is 0.0274. The Hall–Kier alpha value is -1.74. The summed E-state index contributed by atoms with van der Waals surface area (Å²) in [6.45, 7) is 0. The van der Waals surface area contributed by atoms with Crippen LogP contribution in [-0.2, 0) is 12.8 Å². The molecule has 0 N–H and O–H groups in total. The van der Waals surface area contributed by atoms with Crippen LogP contribution < -0.4 is 0 Å². The molecule has 0 saturated carbocycles. The second-order valence-corrected chi connectivity index (χ2v) is 5.87. The molecule has 0 spiro atoms. The van der Waals surface area contributed by atoms with Gasteiger partial charge in [-0.15, -0.1) is 11.3 Å². The number of hydrogen-bond donors (Lipinski definition) is 0. The van der Waals surface area contributed by atoms with Crippen LogP contribution >= 0.6 is 11.3 Å². The Kier molecular flexibility index (Phi) is 1.92. The molecule has 0 bridgehead atoms. The molecular weight excluding hydrogens is 244 g/mol. The average Bonchev–Trinajstić information content (AvgIpc) is 2.96. The van der Waals surface area contributed by atoms with Gasteiger partial charge < -0.3 is 0 Å². The number of fused-ring (bicyclic) bond motifs is 4. The minimum atomic E-state index is 0.0274. The van der Waals surface area contributed by atoms with Gasteiger partial charge in [0.05, 0.1) is 4.88 Å². The van der Waals surface area contributed by atoms with Crippen LogP contribution in [0.2, 0.25) is 0 Å². The summed E-state index contributed by atoms with van der Waals surface area (Å²) in [5.41, 5.74) is 2.98. The van der Waals surface area contributed by atoms with Crippen molar-refractivity contribution in [3.8, 4) is 0 Å². The molecule has 1 heterocycles. The number of thiophene rings is 1. The third kappa shape index (κ3) is 1.12. The molecule has 2 nitrogen and oxygen atoms in total. The van der Waals surface area contributed by atoms with Gasteiger partial charge in [-0.05, 0) is 24.8 Å². The Balaban J connectivity index is 2.04. The van der Waals surface area contributed by atoms with E-state index < -0.39 is 0 Å². The molecule has 1 aromatic heterocycles. The molecule has 2 aromatic rings. The summed E-state index contributed by atoms with van der Waals surface area (Å²) in [4.78, 5) is 26.9. The van der Waals surface area contributed by atoms with Crippen LogP contribution in [0.15, 0.2) is 24.3 Å². The van der Waals surface area contributed by atoms with Crippen molar-refractivity contribution in [1.82, 2.24) is 0 Å². The first-order valence-electron chi connectivity index (χ1n) is 6.10. The highest BCUT2D eigenvalue weighted by Gasteiger charge is 2.36. The first-order valence-corrected chi connectivity index (χ1v) is 6.92. The van der Waals surface area contributed by atoms with E-state index in [1.54, 1.807) is 12.1 Å². The molecule has 0 amide bonds. The Labute approximate surface area is 108 Å². The number of carbonyl (C=O) groups is 2. The molecule has 0 aliphatic heterocycles. The zero-order chi connectivity index (χ0) is 12.3. The maximum absolute atomic E-state index is 12.5. The van der Waals surface area contributed by atoms with E-state index in [4.69, 9.17) is 0 Å². The first-order chi connectivity index (χ1) is 8.77. The van der Waals surface area contributed by atoms with E-state index in [0.717, 1.165) is 24.8 Å². The van der Waals surface area contributed by atoms with E-state index in [9.17, 15) is 9.59 Å². The molecule has 3 heteroatoms. The molecule has 2 aliphatic carbocycles. The van der Waals surface area contributed by atoms with Gasteiger partial charge in [0, 0.05) is 21.6 Å². The van der Waals surface area contributed by atoms with Crippen LogP contribution in [0.3, 0.4) is 0 Å². The van der Waals surface area contributed by atoms with Crippen LogP contribution in [0.1, 0.15) is 48.0 Å². The summed E-state index contributed by atoms with van der Waals surface area (Å²) in [6.07, 6.45) is 3.07. The number of aryl methyl sites for hydroxylation is 1. The van der Waals surface area contributed by atoms with Gasteiger partial charge in [0.25, 0.3) is 0 Å². The highest BCUT2D eigenvalue weighted by atomic mass is 32.1. The molecule has 0 atom stereocenters. The molecule has 0 unspecified atom stereocenters. The Morgan fingerprint density at radius 3 is 2.44 bits per heavy atom. The Bertz CT molecular complexity index is 709. The Morgan fingerprint density at radius 2 is 1.67 bits per heavy atom. The van der Waals surface area contributed by atoms with Crippen LogP contribution in [-0.4, -0.2) is 11.6 Å². The minimum Gasteiger partial charge on any atom is -0.289 e. The fourth-order valence-electron chi connectivity index (χ4n) is 2.94. The lowest BCUT2D eigenvalue weighted by Gasteiger charge is -2.14. The zero-order valence-electron chi connectivity index (χ0n) is 9.66. The Morgan fingerprint density at radius 1 is 0.944 bits per heavy atom. The molecule has 0 saturated heterocycles. The lowest BCUT2D eigenvalue weighted by molar-refractivity contribution is 0.0982. The second kappa shape index (κ2) is 3.39. The van der Waals surface area contributed by atoms with E-state index in [0.29, 0.717) is 21.6 Å². The molecule has 18 heavy (non-hydrogen) atoms. The maximum atomic E-state index is 12.5. The van der Waals surface area contributed by atoms with E-state index in [1.165, 1.54) is 16.2 Å². The van der Waals surface area contributed by atoms with Gasteiger partial charge in [-0.25, -0.2) is 0 Å². The maximum Gasteiger partial charge on any atom is 0.204 e. The van der Waals surface area contributed by atoms with E-state index >= 15 is 0 Å². The number of benzene rings is 1. The predicted octanol–water partition coefficient (Wildman–Crippen LogP) is 3.01. The highest BCUT2D eigenvalue weighted by molar-refractivity contribution is 7.15. The van der Waals surface area contributed by atoms with Gasteiger partial charge in [-0.3, -0.25) is 9.59 Å². The van der Waals surface area contributed by atoms with Crippen molar-refractivity contribution < 1.29 is 9.59 Å². The molecule has 2 aliphatic rings. The second-order valence-electron chi connectivity index (χ2n) is 4.77. The zero-order valence-corrected chi connectivity index (χ0v) is 10.5. The summed E-state index contributed by atoms with van der Waals surface area (Å²) in [5.74, 6) is 0.0687. The predicted molar refractivity (Wildman–Crippen MR) is 69.7 cm³/mol. The van der Waals surface area contributed by atoms with Crippen LogP contribution in [0.4, 0.5) is 0 Å². The van der Waals surface area contributed by atoms with Crippen LogP contribution in [0.25, 0.3) is 0 Å². The number of ketones is 2. The molecule has 1 aromatic carbocycles. The van der Waals surface area contributed by atoms with Crippen molar-refractivity contribution >= 4 is 22.9 Å². The van der Waals surface area contributed by atoms with Crippen LogP contribution in [0, 0.1) is 0 Å². The van der Waals surface area contributed by atoms with Gasteiger partial charge in [0.2, 0.25) is 5.78 Å². The van der Waals surface area contributed by atoms with Crippen molar-refractivity contribution in [1.29, 1.82) is 0 Å². The largest absolute Gasteiger partial charge is 0.289 e. The van der Waals surface area contributed by atoms with Gasteiger partial charge in [-0.2, -0.15) is 0 Å². The van der Waals surface area contributed by atoms with Crippen molar-refractivity contribution in [2.45, 2.75) is 19.3 Å². The number of carbonyl (C=O) groups excluding carboxylic acids is 2. The van der Waals surface area contributed by atoms with E-state index in [2.05, 4.69) is 0 Å². The molecule has 88 valence electrons. The molecule has 0 radical (unpaired) electrons. The lowest BCUT2D eigenvalue weighted by atomic mass is 9.87. The van der Waals surface area contributed by atoms with Gasteiger partial charge in [-0.1, -0.05) is 24.3 Å². The molecular formula is C15H10O2S. The van der Waals surface area contributed by atoms with Gasteiger partial charge in [0.15, 0.2) is 5.78 Å². The number of rotatable bonds is 0. The topological polar surface area (TPSA) is 34.1 Å². The van der Waals surface area contributed by atoms with E-state index in [-0.39, 0.29) is 11.6 Å². The van der Waals surface area contributed by atoms with Gasteiger partial charge in [0.1, 0.15) is 0 Å². The van der Waals surface area contributed by atoms with Gasteiger partial charge >= 0.3 is 0 Å². The fraction of sp³-hybridized carbons (Fsp3) is 0.200. The molecule has 0 fully saturated rings. The molecule has 4 rings (SSSR count). The quantitative estimate of drug-likeness (QED) is 0.618.